The van der Waals surface area contributed by atoms with Crippen LogP contribution in [0, 0.1) is 0 Å². The van der Waals surface area contributed by atoms with Crippen LogP contribution < -0.4 is 11.1 Å². The van der Waals surface area contributed by atoms with Gasteiger partial charge in [0.15, 0.2) is 0 Å². The first-order valence-electron chi connectivity index (χ1n) is 4.63. The second-order valence-corrected chi connectivity index (χ2v) is 4.53. The molecule has 0 saturated heterocycles. The molecule has 82 valence electrons. The Morgan fingerprint density at radius 3 is 3.12 bits per heavy atom. The van der Waals surface area contributed by atoms with Crippen LogP contribution in [0.3, 0.4) is 0 Å². The summed E-state index contributed by atoms with van der Waals surface area (Å²) in [5.74, 6) is 0.763. The molecule has 16 heavy (non-hydrogen) atoms. The minimum atomic E-state index is 0.378. The van der Waals surface area contributed by atoms with Crippen molar-refractivity contribution < 1.29 is 0 Å². The molecule has 4 nitrogen and oxygen atoms in total. The van der Waals surface area contributed by atoms with E-state index in [0.29, 0.717) is 11.5 Å². The molecule has 3 N–H and O–H groups in total. The number of nitrogens with zero attached hydrogens (tertiary/aromatic N) is 2. The van der Waals surface area contributed by atoms with Gasteiger partial charge in [-0.05, 0) is 12.1 Å². The van der Waals surface area contributed by atoms with E-state index in [1.54, 1.807) is 29.1 Å². The zero-order valence-electron chi connectivity index (χ0n) is 8.38. The number of hydrogen-bond acceptors (Lipinski definition) is 5. The van der Waals surface area contributed by atoms with Crippen LogP contribution in [0.15, 0.2) is 30.0 Å². The summed E-state index contributed by atoms with van der Waals surface area (Å²) in [6.45, 7) is 0.707. The number of pyridine rings is 1. The van der Waals surface area contributed by atoms with Gasteiger partial charge < -0.3 is 11.1 Å². The molecule has 6 heteroatoms. The minimum absolute atomic E-state index is 0.378. The molecule has 2 aromatic rings. The van der Waals surface area contributed by atoms with Crippen LogP contribution in [0.4, 0.5) is 5.82 Å². The third-order valence-electron chi connectivity index (χ3n) is 1.97. The van der Waals surface area contributed by atoms with Gasteiger partial charge in [-0.25, -0.2) is 4.98 Å². The van der Waals surface area contributed by atoms with Crippen molar-refractivity contribution in [3.8, 4) is 0 Å². The Labute approximate surface area is 103 Å². The Morgan fingerprint density at radius 2 is 2.44 bits per heavy atom. The molecule has 0 saturated carbocycles. The van der Waals surface area contributed by atoms with Crippen LogP contribution in [-0.2, 0) is 6.54 Å². The molecular weight excluding hydrogens is 240 g/mol. The Bertz CT molecular complexity index is 481. The van der Waals surface area contributed by atoms with Crippen molar-refractivity contribution >= 4 is 34.4 Å². The highest BCUT2D eigenvalue weighted by Crippen LogP contribution is 2.10. The summed E-state index contributed by atoms with van der Waals surface area (Å²) < 4.78 is 0. The van der Waals surface area contributed by atoms with Crippen molar-refractivity contribution in [3.05, 3.63) is 40.5 Å². The fourth-order valence-corrected chi connectivity index (χ4v) is 1.85. The highest BCUT2D eigenvalue weighted by molar-refractivity contribution is 7.80. The molecule has 0 aliphatic heterocycles. The first-order valence-corrected chi connectivity index (χ1v) is 5.91. The molecule has 2 aromatic heterocycles. The number of hydrogen-bond donors (Lipinski definition) is 2. The molecule has 0 bridgehead atoms. The molecule has 0 unspecified atom stereocenters. The smallest absolute Gasteiger partial charge is 0.126 e. The molecule has 2 heterocycles. The average molecular weight is 250 g/mol. The normalized spacial score (nSPS) is 10.0. The number of nitrogens with one attached hydrogen (secondary N) is 1. The van der Waals surface area contributed by atoms with Gasteiger partial charge in [-0.1, -0.05) is 12.2 Å². The number of anilines is 1. The van der Waals surface area contributed by atoms with E-state index >= 15 is 0 Å². The van der Waals surface area contributed by atoms with Gasteiger partial charge >= 0.3 is 0 Å². The second kappa shape index (κ2) is 5.00. The van der Waals surface area contributed by atoms with Gasteiger partial charge in [0.2, 0.25) is 0 Å². The van der Waals surface area contributed by atoms with Crippen molar-refractivity contribution in [3.63, 3.8) is 0 Å². The maximum atomic E-state index is 5.54. The Kier molecular flexibility index (Phi) is 3.43. The summed E-state index contributed by atoms with van der Waals surface area (Å²) in [7, 11) is 0. The molecule has 0 aliphatic rings. The number of thiocarbonyl (C=S) groups is 1. The van der Waals surface area contributed by atoms with Crippen molar-refractivity contribution in [1.29, 1.82) is 0 Å². The van der Waals surface area contributed by atoms with Crippen molar-refractivity contribution in [2.45, 2.75) is 6.54 Å². The van der Waals surface area contributed by atoms with Gasteiger partial charge in [0.1, 0.15) is 10.8 Å². The fraction of sp³-hybridized carbons (Fsp3) is 0.100. The lowest BCUT2D eigenvalue weighted by Crippen LogP contribution is -2.10. The third kappa shape index (κ3) is 2.74. The highest BCUT2D eigenvalue weighted by Gasteiger charge is 2.00. The SMILES string of the molecule is NC(=S)c1ccnc(NCc2cncs2)c1. The summed E-state index contributed by atoms with van der Waals surface area (Å²) in [6.07, 6.45) is 3.51. The lowest BCUT2D eigenvalue weighted by atomic mass is 10.2. The van der Waals surface area contributed by atoms with E-state index in [-0.39, 0.29) is 0 Å². The number of nitrogens with two attached hydrogens (primary N) is 1. The number of thiazole rings is 1. The van der Waals surface area contributed by atoms with Gasteiger partial charge in [0.05, 0.1) is 12.1 Å². The van der Waals surface area contributed by atoms with E-state index in [0.717, 1.165) is 16.3 Å². The lowest BCUT2D eigenvalue weighted by Gasteiger charge is -2.05. The molecule has 0 radical (unpaired) electrons. The molecule has 0 aromatic carbocycles. The van der Waals surface area contributed by atoms with Crippen molar-refractivity contribution in [1.82, 2.24) is 9.97 Å². The summed E-state index contributed by atoms with van der Waals surface area (Å²) in [5.41, 5.74) is 8.16. The van der Waals surface area contributed by atoms with Crippen molar-refractivity contribution in [2.24, 2.45) is 5.73 Å². The zero-order valence-corrected chi connectivity index (χ0v) is 10.0. The standard InChI is InChI=1S/C10H10N4S2/c11-10(15)7-1-2-13-9(3-7)14-5-8-4-12-6-16-8/h1-4,6H,5H2,(H2,11,15)(H,13,14). The first-order chi connectivity index (χ1) is 7.75. The topological polar surface area (TPSA) is 63.8 Å². The molecule has 2 rings (SSSR count). The van der Waals surface area contributed by atoms with Crippen LogP contribution >= 0.6 is 23.6 Å². The fourth-order valence-electron chi connectivity index (χ4n) is 1.19. The van der Waals surface area contributed by atoms with Gasteiger partial charge in [0, 0.05) is 22.8 Å². The average Bonchev–Trinajstić information content (AvgIpc) is 2.79. The maximum Gasteiger partial charge on any atom is 0.126 e. The quantitative estimate of drug-likeness (QED) is 0.810. The van der Waals surface area contributed by atoms with Gasteiger partial charge in [-0.3, -0.25) is 4.98 Å². The van der Waals surface area contributed by atoms with Crippen LogP contribution in [-0.4, -0.2) is 15.0 Å². The molecule has 0 spiro atoms. The van der Waals surface area contributed by atoms with Crippen LogP contribution in [0.2, 0.25) is 0 Å². The molecule has 0 atom stereocenters. The first kappa shape index (κ1) is 11.0. The number of rotatable bonds is 4. The van der Waals surface area contributed by atoms with Gasteiger partial charge in [-0.2, -0.15) is 0 Å². The van der Waals surface area contributed by atoms with Crippen LogP contribution in [0.25, 0.3) is 0 Å². The molecule has 0 fully saturated rings. The van der Waals surface area contributed by atoms with E-state index in [1.165, 1.54) is 0 Å². The third-order valence-corrected chi connectivity index (χ3v) is 2.99. The molecule has 0 amide bonds. The maximum absolute atomic E-state index is 5.54. The largest absolute Gasteiger partial charge is 0.389 e. The van der Waals surface area contributed by atoms with Crippen molar-refractivity contribution in [2.75, 3.05) is 5.32 Å². The monoisotopic (exact) mass is 250 g/mol. The Hall–Kier alpha value is -1.53. The highest BCUT2D eigenvalue weighted by atomic mass is 32.1. The van der Waals surface area contributed by atoms with Gasteiger partial charge in [-0.15, -0.1) is 11.3 Å². The molecule has 0 aliphatic carbocycles. The predicted octanol–water partition coefficient (Wildman–Crippen LogP) is 1.78. The van der Waals surface area contributed by atoms with Crippen LogP contribution in [0.5, 0.6) is 0 Å². The molecular formula is C10H10N4S2. The van der Waals surface area contributed by atoms with E-state index < -0.39 is 0 Å². The minimum Gasteiger partial charge on any atom is -0.389 e. The zero-order chi connectivity index (χ0) is 11.4. The summed E-state index contributed by atoms with van der Waals surface area (Å²) in [4.78, 5) is 9.71. The Morgan fingerprint density at radius 1 is 1.56 bits per heavy atom. The second-order valence-electron chi connectivity index (χ2n) is 3.12. The van der Waals surface area contributed by atoms with E-state index in [4.69, 9.17) is 18.0 Å². The predicted molar refractivity (Wildman–Crippen MR) is 69.6 cm³/mol. The van der Waals surface area contributed by atoms with E-state index in [1.807, 2.05) is 12.3 Å². The van der Waals surface area contributed by atoms with Crippen LogP contribution in [0.1, 0.15) is 10.4 Å². The van der Waals surface area contributed by atoms with E-state index in [2.05, 4.69) is 15.3 Å². The summed E-state index contributed by atoms with van der Waals surface area (Å²) >= 11 is 6.50. The van der Waals surface area contributed by atoms with E-state index in [9.17, 15) is 0 Å². The Balaban J connectivity index is 2.04. The van der Waals surface area contributed by atoms with Gasteiger partial charge in [0.25, 0.3) is 0 Å². The lowest BCUT2D eigenvalue weighted by molar-refractivity contribution is 1.13. The summed E-state index contributed by atoms with van der Waals surface area (Å²) in [5, 5.41) is 3.19. The number of aromatic nitrogens is 2. The summed E-state index contributed by atoms with van der Waals surface area (Å²) in [6, 6.07) is 3.63.